The minimum Gasteiger partial charge on any atom is -0.452 e. The molecule has 2 aliphatic carbocycles. The normalized spacial score (nSPS) is 17.0. The zero-order valence-electron chi connectivity index (χ0n) is 21.8. The third kappa shape index (κ3) is 4.87. The van der Waals surface area contributed by atoms with Crippen molar-refractivity contribution in [2.24, 2.45) is 11.3 Å². The Kier molecular flexibility index (Phi) is 7.04. The molecule has 1 N–H and O–H groups in total. The van der Waals surface area contributed by atoms with Crippen molar-refractivity contribution in [3.8, 4) is 6.07 Å². The predicted molar refractivity (Wildman–Crippen MR) is 146 cm³/mol. The third-order valence-corrected chi connectivity index (χ3v) is 9.56. The second-order valence-corrected chi connectivity index (χ2v) is 12.0. The number of anilines is 1. The van der Waals surface area contributed by atoms with Crippen LogP contribution in [0.25, 0.3) is 10.9 Å². The van der Waals surface area contributed by atoms with Crippen LogP contribution in [-0.4, -0.2) is 23.5 Å². The van der Waals surface area contributed by atoms with Gasteiger partial charge >= 0.3 is 5.97 Å². The highest BCUT2D eigenvalue weighted by Crippen LogP contribution is 2.42. The van der Waals surface area contributed by atoms with Crippen LogP contribution in [0.5, 0.6) is 0 Å². The highest BCUT2D eigenvalue weighted by atomic mass is 32.1. The van der Waals surface area contributed by atoms with E-state index in [9.17, 15) is 14.9 Å². The van der Waals surface area contributed by atoms with E-state index in [1.54, 1.807) is 0 Å². The first-order chi connectivity index (χ1) is 17.8. The van der Waals surface area contributed by atoms with Crippen LogP contribution in [0.1, 0.15) is 84.1 Å². The molecule has 2 heterocycles. The minimum absolute atomic E-state index is 0.155. The van der Waals surface area contributed by atoms with Crippen LogP contribution in [-0.2, 0) is 35.2 Å². The van der Waals surface area contributed by atoms with Gasteiger partial charge in [0.15, 0.2) is 6.61 Å². The monoisotopic (exact) mass is 515 g/mol. The van der Waals surface area contributed by atoms with Gasteiger partial charge in [-0.2, -0.15) is 5.26 Å². The fourth-order valence-corrected chi connectivity index (χ4v) is 6.97. The van der Waals surface area contributed by atoms with E-state index in [-0.39, 0.29) is 5.41 Å². The maximum Gasteiger partial charge on any atom is 0.339 e. The maximum absolute atomic E-state index is 13.5. The number of thiophene rings is 1. The van der Waals surface area contributed by atoms with Gasteiger partial charge in [-0.05, 0) is 73.5 Å². The quantitative estimate of drug-likeness (QED) is 0.384. The molecule has 0 spiro atoms. The van der Waals surface area contributed by atoms with Crippen LogP contribution in [0.4, 0.5) is 5.00 Å². The molecule has 37 heavy (non-hydrogen) atoms. The van der Waals surface area contributed by atoms with E-state index in [0.29, 0.717) is 22.0 Å². The lowest BCUT2D eigenvalue weighted by Crippen LogP contribution is -2.31. The molecule has 6 nitrogen and oxygen atoms in total. The van der Waals surface area contributed by atoms with E-state index in [1.807, 2.05) is 24.3 Å². The fraction of sp³-hybridized carbons (Fsp3) is 0.467. The second-order valence-electron chi connectivity index (χ2n) is 10.9. The van der Waals surface area contributed by atoms with E-state index in [2.05, 4.69) is 32.2 Å². The molecule has 7 heteroatoms. The van der Waals surface area contributed by atoms with Gasteiger partial charge in [-0.1, -0.05) is 45.4 Å². The third-order valence-electron chi connectivity index (χ3n) is 8.35. The number of pyridine rings is 1. The van der Waals surface area contributed by atoms with Crippen molar-refractivity contribution in [1.29, 1.82) is 5.26 Å². The Bertz CT molecular complexity index is 1420. The van der Waals surface area contributed by atoms with Gasteiger partial charge in [-0.25, -0.2) is 4.79 Å². The van der Waals surface area contributed by atoms with Crippen molar-refractivity contribution in [2.45, 2.75) is 72.1 Å². The van der Waals surface area contributed by atoms with Gasteiger partial charge in [-0.3, -0.25) is 9.78 Å². The number of nitrogens with zero attached hydrogens (tertiary/aromatic N) is 2. The summed E-state index contributed by atoms with van der Waals surface area (Å²) in [5.41, 5.74) is 5.00. The number of amides is 1. The molecule has 1 atom stereocenters. The zero-order chi connectivity index (χ0) is 26.2. The number of benzene rings is 1. The number of esters is 1. The topological polar surface area (TPSA) is 92.1 Å². The molecular formula is C30H33N3O3S. The largest absolute Gasteiger partial charge is 0.452 e. The summed E-state index contributed by atoms with van der Waals surface area (Å²) in [6, 6.07) is 9.90. The Hall–Kier alpha value is -3.24. The number of hydrogen-bond donors (Lipinski definition) is 1. The Balaban J connectivity index is 1.38. The number of rotatable bonds is 6. The van der Waals surface area contributed by atoms with Gasteiger partial charge in [0.25, 0.3) is 5.91 Å². The van der Waals surface area contributed by atoms with Crippen molar-refractivity contribution >= 4 is 39.1 Å². The number of fused-ring (bicyclic) bond motifs is 3. The molecule has 0 radical (unpaired) electrons. The first-order valence-electron chi connectivity index (χ1n) is 13.2. The molecule has 1 aromatic carbocycles. The zero-order valence-corrected chi connectivity index (χ0v) is 22.6. The van der Waals surface area contributed by atoms with Crippen LogP contribution in [0, 0.1) is 22.7 Å². The second kappa shape index (κ2) is 10.3. The van der Waals surface area contributed by atoms with Gasteiger partial charge in [0, 0.05) is 16.0 Å². The summed E-state index contributed by atoms with van der Waals surface area (Å²) in [7, 11) is 0. The molecule has 0 aliphatic heterocycles. The molecule has 1 amide bonds. The maximum atomic E-state index is 13.5. The average Bonchev–Trinajstić information content (AvgIpc) is 3.26. The van der Waals surface area contributed by atoms with Crippen LogP contribution in [0.15, 0.2) is 24.3 Å². The van der Waals surface area contributed by atoms with Gasteiger partial charge in [0.2, 0.25) is 0 Å². The molecule has 2 aromatic heterocycles. The van der Waals surface area contributed by atoms with Crippen LogP contribution in [0.2, 0.25) is 0 Å². The van der Waals surface area contributed by atoms with Gasteiger partial charge < -0.3 is 10.1 Å². The molecule has 2 aliphatic rings. The standard InChI is InChI=1S/C30H33N3O3S/c1-4-30(2,3)18-13-14-24-21(15-18)27(20-10-5-7-11-23(20)32-24)29(35)36-17-26(34)33-28-22(16-31)19-9-6-8-12-25(19)37-28/h5,7,10-11,18H,4,6,8-9,12-15,17H2,1-3H3,(H,33,34). The lowest BCUT2D eigenvalue weighted by atomic mass is 9.68. The van der Waals surface area contributed by atoms with E-state index < -0.39 is 18.5 Å². The SMILES string of the molecule is CCC(C)(C)C1CCc2nc3ccccc3c(C(=O)OCC(=O)Nc3sc4c(c3C#N)CCCC4)c2C1. The Morgan fingerprint density at radius 3 is 2.76 bits per heavy atom. The Morgan fingerprint density at radius 2 is 1.97 bits per heavy atom. The summed E-state index contributed by atoms with van der Waals surface area (Å²) in [5, 5.41) is 13.8. The molecule has 5 rings (SSSR count). The lowest BCUT2D eigenvalue weighted by molar-refractivity contribution is -0.119. The predicted octanol–water partition coefficient (Wildman–Crippen LogP) is 6.38. The lowest BCUT2D eigenvalue weighted by Gasteiger charge is -2.37. The molecule has 192 valence electrons. The van der Waals surface area contributed by atoms with Crippen LogP contribution >= 0.6 is 11.3 Å². The summed E-state index contributed by atoms with van der Waals surface area (Å²) in [4.78, 5) is 32.4. The van der Waals surface area contributed by atoms with Crippen molar-refractivity contribution < 1.29 is 14.3 Å². The number of carbonyl (C=O) groups excluding carboxylic acids is 2. The number of nitriles is 1. The van der Waals surface area contributed by atoms with E-state index in [0.717, 1.165) is 79.1 Å². The number of nitrogens with one attached hydrogen (secondary N) is 1. The summed E-state index contributed by atoms with van der Waals surface area (Å²) in [6.45, 7) is 6.39. The molecule has 0 saturated heterocycles. The molecule has 0 bridgehead atoms. The Labute approximate surface area is 222 Å². The van der Waals surface area contributed by atoms with Gasteiger partial charge in [-0.15, -0.1) is 11.3 Å². The number of ether oxygens (including phenoxy) is 1. The van der Waals surface area contributed by atoms with Crippen molar-refractivity contribution in [3.05, 3.63) is 57.1 Å². The number of hydrogen-bond acceptors (Lipinski definition) is 6. The first kappa shape index (κ1) is 25.4. The van der Waals surface area contributed by atoms with Crippen LogP contribution in [0.3, 0.4) is 0 Å². The molecule has 1 unspecified atom stereocenters. The highest BCUT2D eigenvalue weighted by Gasteiger charge is 2.34. The van der Waals surface area contributed by atoms with Crippen molar-refractivity contribution in [1.82, 2.24) is 4.98 Å². The highest BCUT2D eigenvalue weighted by molar-refractivity contribution is 7.16. The summed E-state index contributed by atoms with van der Waals surface area (Å²) < 4.78 is 5.60. The molecule has 3 aromatic rings. The smallest absolute Gasteiger partial charge is 0.339 e. The fourth-order valence-electron chi connectivity index (χ4n) is 5.72. The molecule has 0 saturated carbocycles. The number of carbonyl (C=O) groups is 2. The minimum atomic E-state index is -0.495. The summed E-state index contributed by atoms with van der Waals surface area (Å²) in [6.07, 6.45) is 7.68. The van der Waals surface area contributed by atoms with Gasteiger partial charge in [0.05, 0.1) is 16.6 Å². The number of aryl methyl sites for hydroxylation is 2. The van der Waals surface area contributed by atoms with E-state index >= 15 is 0 Å². The van der Waals surface area contributed by atoms with Crippen molar-refractivity contribution in [2.75, 3.05) is 11.9 Å². The van der Waals surface area contributed by atoms with E-state index in [4.69, 9.17) is 9.72 Å². The molecule has 0 fully saturated rings. The van der Waals surface area contributed by atoms with E-state index in [1.165, 1.54) is 16.2 Å². The number of aromatic nitrogens is 1. The van der Waals surface area contributed by atoms with Crippen molar-refractivity contribution in [3.63, 3.8) is 0 Å². The number of para-hydroxylation sites is 1. The summed E-state index contributed by atoms with van der Waals surface area (Å²) in [5.74, 6) is -0.483. The Morgan fingerprint density at radius 1 is 1.19 bits per heavy atom. The first-order valence-corrected chi connectivity index (χ1v) is 14.1. The average molecular weight is 516 g/mol. The summed E-state index contributed by atoms with van der Waals surface area (Å²) >= 11 is 1.47. The molecular weight excluding hydrogens is 482 g/mol. The van der Waals surface area contributed by atoms with Crippen LogP contribution < -0.4 is 5.32 Å². The van der Waals surface area contributed by atoms with Gasteiger partial charge in [0.1, 0.15) is 11.1 Å².